The van der Waals surface area contributed by atoms with Gasteiger partial charge in [0.2, 0.25) is 12.2 Å². The first kappa shape index (κ1) is 22.1. The highest BCUT2D eigenvalue weighted by Gasteiger charge is 2.26. The largest absolute Gasteiger partial charge is 0.488 e. The number of benzene rings is 2. The van der Waals surface area contributed by atoms with Crippen molar-refractivity contribution >= 4 is 39.0 Å². The quantitative estimate of drug-likeness (QED) is 0.333. The minimum atomic E-state index is -0.352. The first-order chi connectivity index (χ1) is 14.2. The van der Waals surface area contributed by atoms with Crippen molar-refractivity contribution < 1.29 is 14.3 Å². The van der Waals surface area contributed by atoms with Crippen molar-refractivity contribution in [3.05, 3.63) is 63.8 Å². The number of ether oxygens (including phenoxy) is 1. The van der Waals surface area contributed by atoms with E-state index in [-0.39, 0.29) is 17.3 Å². The summed E-state index contributed by atoms with van der Waals surface area (Å²) >= 11 is 3.64. The Morgan fingerprint density at radius 2 is 1.93 bits per heavy atom. The lowest BCUT2D eigenvalue weighted by Gasteiger charge is -2.22. The minimum absolute atomic E-state index is 0.0246. The van der Waals surface area contributed by atoms with Gasteiger partial charge >= 0.3 is 0 Å². The fraction of sp³-hybridized carbons (Fsp3) is 0.333. The van der Waals surface area contributed by atoms with E-state index in [1.54, 1.807) is 0 Å². The molecule has 1 amide bonds. The van der Waals surface area contributed by atoms with Crippen LogP contribution in [0.25, 0.3) is 10.9 Å². The molecule has 3 rings (SSSR count). The summed E-state index contributed by atoms with van der Waals surface area (Å²) in [7, 11) is 0. The highest BCUT2D eigenvalue weighted by atomic mass is 79.9. The number of halogens is 1. The van der Waals surface area contributed by atoms with Crippen LogP contribution in [0.4, 0.5) is 0 Å². The Balaban J connectivity index is 2.23. The third-order valence-electron chi connectivity index (χ3n) is 4.91. The number of nitrogens with one attached hydrogen (secondary N) is 2. The van der Waals surface area contributed by atoms with Crippen LogP contribution < -0.4 is 10.1 Å². The zero-order chi connectivity index (χ0) is 21.9. The van der Waals surface area contributed by atoms with Crippen LogP contribution in [0.3, 0.4) is 0 Å². The number of rotatable bonds is 8. The lowest BCUT2D eigenvalue weighted by molar-refractivity contribution is -0.109. The van der Waals surface area contributed by atoms with E-state index in [0.717, 1.165) is 33.1 Å². The molecule has 0 spiro atoms. The summed E-state index contributed by atoms with van der Waals surface area (Å²) in [5, 5.41) is 3.70. The molecule has 0 radical (unpaired) electrons. The maximum atomic E-state index is 13.4. The number of hydrogen-bond donors (Lipinski definition) is 2. The lowest BCUT2D eigenvalue weighted by Crippen LogP contribution is -2.23. The summed E-state index contributed by atoms with van der Waals surface area (Å²) in [4.78, 5) is 27.7. The fourth-order valence-electron chi connectivity index (χ4n) is 3.64. The molecule has 1 unspecified atom stereocenters. The van der Waals surface area contributed by atoms with Gasteiger partial charge in [-0.15, -0.1) is 0 Å². The molecule has 0 saturated carbocycles. The van der Waals surface area contributed by atoms with E-state index in [1.807, 2.05) is 63.2 Å². The van der Waals surface area contributed by atoms with Crippen molar-refractivity contribution in [2.75, 3.05) is 6.54 Å². The van der Waals surface area contributed by atoms with Gasteiger partial charge < -0.3 is 15.0 Å². The highest BCUT2D eigenvalue weighted by Crippen LogP contribution is 2.39. The summed E-state index contributed by atoms with van der Waals surface area (Å²) in [5.41, 5.74) is 2.55. The summed E-state index contributed by atoms with van der Waals surface area (Å²) in [5.74, 6) is 0.624. The van der Waals surface area contributed by atoms with Gasteiger partial charge in [-0.3, -0.25) is 9.59 Å². The monoisotopic (exact) mass is 470 g/mol. The van der Waals surface area contributed by atoms with Crippen molar-refractivity contribution in [1.82, 2.24) is 10.3 Å². The smallest absolute Gasteiger partial charge is 0.209 e. The van der Waals surface area contributed by atoms with E-state index in [0.29, 0.717) is 24.2 Å². The van der Waals surface area contributed by atoms with Gasteiger partial charge in [-0.1, -0.05) is 37.3 Å². The molecule has 2 N–H and O–H groups in total. The summed E-state index contributed by atoms with van der Waals surface area (Å²) in [6, 6.07) is 13.1. The van der Waals surface area contributed by atoms with E-state index >= 15 is 0 Å². The second kappa shape index (κ2) is 9.04. The SMILES string of the molecule is CCC(CNC=O)c1c(C(=O)c2ccccc2)[nH]c2c(Br)cc(OC(C)(C)C)cc12. The molecule has 158 valence electrons. The molecule has 1 atom stereocenters. The van der Waals surface area contributed by atoms with Gasteiger partial charge in [0, 0.05) is 27.9 Å². The van der Waals surface area contributed by atoms with Crippen molar-refractivity contribution in [3.8, 4) is 5.75 Å². The Hall–Kier alpha value is -2.60. The van der Waals surface area contributed by atoms with Crippen LogP contribution in [0.15, 0.2) is 46.9 Å². The Labute approximate surface area is 185 Å². The molecule has 3 aromatic rings. The van der Waals surface area contributed by atoms with Crippen LogP contribution in [0.5, 0.6) is 5.75 Å². The zero-order valence-corrected chi connectivity index (χ0v) is 19.3. The summed E-state index contributed by atoms with van der Waals surface area (Å²) < 4.78 is 6.92. The molecular formula is C24H27BrN2O3. The molecule has 0 aliphatic carbocycles. The molecule has 5 nitrogen and oxygen atoms in total. The van der Waals surface area contributed by atoms with Crippen LogP contribution >= 0.6 is 15.9 Å². The van der Waals surface area contributed by atoms with Crippen LogP contribution in [0, 0.1) is 0 Å². The number of aromatic amines is 1. The maximum Gasteiger partial charge on any atom is 0.209 e. The predicted molar refractivity (Wildman–Crippen MR) is 123 cm³/mol. The number of fused-ring (bicyclic) bond motifs is 1. The molecule has 0 aliphatic rings. The van der Waals surface area contributed by atoms with Gasteiger partial charge in [0.05, 0.1) is 11.2 Å². The van der Waals surface area contributed by atoms with Crippen molar-refractivity contribution in [2.45, 2.75) is 45.6 Å². The third-order valence-corrected chi connectivity index (χ3v) is 5.53. The second-order valence-electron chi connectivity index (χ2n) is 8.28. The van der Waals surface area contributed by atoms with E-state index in [1.165, 1.54) is 0 Å². The van der Waals surface area contributed by atoms with Crippen LogP contribution in [0.1, 0.15) is 61.6 Å². The van der Waals surface area contributed by atoms with E-state index < -0.39 is 0 Å². The van der Waals surface area contributed by atoms with Crippen molar-refractivity contribution in [3.63, 3.8) is 0 Å². The molecule has 1 aromatic heterocycles. The Kier molecular flexibility index (Phi) is 6.66. The number of amides is 1. The number of aromatic nitrogens is 1. The number of H-pyrrole nitrogens is 1. The molecule has 0 fully saturated rings. The average Bonchev–Trinajstić information content (AvgIpc) is 3.07. The lowest BCUT2D eigenvalue weighted by atomic mass is 9.91. The molecule has 0 saturated heterocycles. The number of carbonyl (C=O) groups excluding carboxylic acids is 2. The van der Waals surface area contributed by atoms with Crippen LogP contribution in [-0.2, 0) is 4.79 Å². The van der Waals surface area contributed by atoms with Gasteiger partial charge in [0.15, 0.2) is 0 Å². The second-order valence-corrected chi connectivity index (χ2v) is 9.14. The van der Waals surface area contributed by atoms with Crippen LogP contribution in [-0.4, -0.2) is 29.3 Å². The number of ketones is 1. The molecule has 0 aliphatic heterocycles. The van der Waals surface area contributed by atoms with Gasteiger partial charge in [-0.05, 0) is 60.8 Å². The number of carbonyl (C=O) groups is 2. The Morgan fingerprint density at radius 1 is 1.23 bits per heavy atom. The zero-order valence-electron chi connectivity index (χ0n) is 17.7. The van der Waals surface area contributed by atoms with E-state index in [2.05, 4.69) is 33.2 Å². The molecule has 2 aromatic carbocycles. The minimum Gasteiger partial charge on any atom is -0.488 e. The normalized spacial score (nSPS) is 12.6. The Bertz CT molecular complexity index is 1050. The molecule has 0 bridgehead atoms. The number of hydrogen-bond acceptors (Lipinski definition) is 3. The first-order valence-corrected chi connectivity index (χ1v) is 10.8. The molecule has 1 heterocycles. The molecule has 6 heteroatoms. The molecule has 30 heavy (non-hydrogen) atoms. The maximum absolute atomic E-state index is 13.4. The highest BCUT2D eigenvalue weighted by molar-refractivity contribution is 9.10. The van der Waals surface area contributed by atoms with Crippen molar-refractivity contribution in [1.29, 1.82) is 0 Å². The van der Waals surface area contributed by atoms with Crippen molar-refractivity contribution in [2.24, 2.45) is 0 Å². The Morgan fingerprint density at radius 3 is 2.53 bits per heavy atom. The topological polar surface area (TPSA) is 71.2 Å². The van der Waals surface area contributed by atoms with Gasteiger partial charge in [-0.25, -0.2) is 0 Å². The van der Waals surface area contributed by atoms with Gasteiger partial charge in [-0.2, -0.15) is 0 Å². The summed E-state index contributed by atoms with van der Waals surface area (Å²) in [6.45, 7) is 8.49. The van der Waals surface area contributed by atoms with Crippen LogP contribution in [0.2, 0.25) is 0 Å². The standard InChI is InChI=1S/C24H27BrN2O3/c1-5-15(13-26-14-28)20-18-11-17(30-24(2,3)4)12-19(25)21(18)27-22(20)23(29)16-9-7-6-8-10-16/h6-12,14-15,27H,5,13H2,1-4H3,(H,26,28). The average molecular weight is 471 g/mol. The van der Waals surface area contributed by atoms with E-state index in [4.69, 9.17) is 4.74 Å². The predicted octanol–water partition coefficient (Wildman–Crippen LogP) is 5.58. The van der Waals surface area contributed by atoms with E-state index in [9.17, 15) is 9.59 Å². The first-order valence-electron chi connectivity index (χ1n) is 10.1. The van der Waals surface area contributed by atoms with Gasteiger partial charge in [0.25, 0.3) is 0 Å². The molecular weight excluding hydrogens is 444 g/mol. The fourth-order valence-corrected chi connectivity index (χ4v) is 4.18. The third kappa shape index (κ3) is 4.75. The summed E-state index contributed by atoms with van der Waals surface area (Å²) in [6.07, 6.45) is 1.46. The van der Waals surface area contributed by atoms with Gasteiger partial charge in [0.1, 0.15) is 11.4 Å².